The Balaban J connectivity index is 1.36. The number of carbonyl (C=O) groups excluding carboxylic acids is 1. The van der Waals surface area contributed by atoms with Gasteiger partial charge in [0.1, 0.15) is 22.7 Å². The van der Waals surface area contributed by atoms with Crippen LogP contribution in [-0.2, 0) is 0 Å². The summed E-state index contributed by atoms with van der Waals surface area (Å²) >= 11 is 0. The van der Waals surface area contributed by atoms with Gasteiger partial charge in [-0.3, -0.25) is 4.79 Å². The first-order valence-electron chi connectivity index (χ1n) is 10.9. The molecule has 1 fully saturated rings. The van der Waals surface area contributed by atoms with Gasteiger partial charge in [0.15, 0.2) is 11.5 Å². The Kier molecular flexibility index (Phi) is 5.51. The Labute approximate surface area is 199 Å². The number of nitrogens with zero attached hydrogens (tertiary/aromatic N) is 4. The molecule has 0 unspecified atom stereocenters. The van der Waals surface area contributed by atoms with Gasteiger partial charge in [0.25, 0.3) is 5.91 Å². The number of aromatic nitrogens is 2. The minimum atomic E-state index is -0.745. The third-order valence-corrected chi connectivity index (χ3v) is 6.02. The van der Waals surface area contributed by atoms with Gasteiger partial charge in [0.2, 0.25) is 5.95 Å². The zero-order valence-corrected chi connectivity index (χ0v) is 19.1. The quantitative estimate of drug-likeness (QED) is 0.419. The molecule has 5 rings (SSSR count). The maximum absolute atomic E-state index is 13.1. The van der Waals surface area contributed by atoms with Crippen LogP contribution in [0.2, 0.25) is 0 Å². The van der Waals surface area contributed by atoms with Crippen LogP contribution in [0.4, 0.5) is 11.8 Å². The monoisotopic (exact) mass is 477 g/mol. The smallest absolute Gasteiger partial charge is 0.349 e. The van der Waals surface area contributed by atoms with Crippen molar-refractivity contribution in [2.75, 3.05) is 51.0 Å². The van der Waals surface area contributed by atoms with E-state index in [0.717, 1.165) is 0 Å². The molecular weight excluding hydrogens is 454 g/mol. The first-order valence-corrected chi connectivity index (χ1v) is 10.9. The van der Waals surface area contributed by atoms with Crippen LogP contribution in [-0.4, -0.2) is 66.3 Å². The number of rotatable bonds is 4. The van der Waals surface area contributed by atoms with E-state index in [1.165, 1.54) is 18.2 Å². The Morgan fingerprint density at radius 2 is 1.74 bits per heavy atom. The van der Waals surface area contributed by atoms with Gasteiger partial charge in [0.05, 0.1) is 19.7 Å². The largest absolute Gasteiger partial charge is 0.508 e. The number of piperazine rings is 1. The van der Waals surface area contributed by atoms with Crippen molar-refractivity contribution in [1.82, 2.24) is 14.9 Å². The van der Waals surface area contributed by atoms with E-state index in [1.54, 1.807) is 37.3 Å². The third-order valence-electron chi connectivity index (χ3n) is 6.02. The number of benzene rings is 2. The van der Waals surface area contributed by atoms with E-state index in [2.05, 4.69) is 9.97 Å². The van der Waals surface area contributed by atoms with E-state index >= 15 is 0 Å². The van der Waals surface area contributed by atoms with E-state index < -0.39 is 11.5 Å². The van der Waals surface area contributed by atoms with Gasteiger partial charge >= 0.3 is 5.63 Å². The molecule has 1 aliphatic heterocycles. The number of phenols is 1. The van der Waals surface area contributed by atoms with Crippen molar-refractivity contribution in [2.24, 2.45) is 0 Å². The van der Waals surface area contributed by atoms with Crippen LogP contribution in [0, 0.1) is 0 Å². The van der Waals surface area contributed by atoms with Gasteiger partial charge in [-0.05, 0) is 24.3 Å². The standard InChI is InChI=1S/C24H23N5O6/c1-33-19-11-15-17(12-20(19)34-2)26-24(27-21(15)25)29-7-5-28(6-8-29)22(31)16-9-13-3-4-14(30)10-18(13)35-23(16)32/h3-4,9-12,30H,5-8H2,1-2H3,(H2,25,26,27). The van der Waals surface area contributed by atoms with Gasteiger partial charge in [-0.2, -0.15) is 4.98 Å². The third kappa shape index (κ3) is 4.01. The summed E-state index contributed by atoms with van der Waals surface area (Å²) in [5.74, 6) is 1.38. The maximum Gasteiger partial charge on any atom is 0.349 e. The van der Waals surface area contributed by atoms with Gasteiger partial charge in [0, 0.05) is 49.1 Å². The second kappa shape index (κ2) is 8.67. The van der Waals surface area contributed by atoms with Crippen LogP contribution in [0.25, 0.3) is 21.9 Å². The lowest BCUT2D eigenvalue weighted by Gasteiger charge is -2.34. The van der Waals surface area contributed by atoms with Crippen LogP contribution < -0.4 is 25.7 Å². The number of anilines is 2. The molecule has 3 N–H and O–H groups in total. The summed E-state index contributed by atoms with van der Waals surface area (Å²) in [7, 11) is 3.09. The van der Waals surface area contributed by atoms with Crippen molar-refractivity contribution in [1.29, 1.82) is 0 Å². The zero-order valence-electron chi connectivity index (χ0n) is 19.1. The molecule has 35 heavy (non-hydrogen) atoms. The van der Waals surface area contributed by atoms with Crippen LogP contribution in [0.3, 0.4) is 0 Å². The molecule has 2 aromatic heterocycles. The van der Waals surface area contributed by atoms with Crippen molar-refractivity contribution in [3.8, 4) is 17.2 Å². The van der Waals surface area contributed by atoms with Crippen molar-refractivity contribution in [2.45, 2.75) is 0 Å². The fourth-order valence-corrected chi connectivity index (χ4v) is 4.14. The second-order valence-electron chi connectivity index (χ2n) is 8.08. The van der Waals surface area contributed by atoms with E-state index in [-0.39, 0.29) is 16.9 Å². The highest BCUT2D eigenvalue weighted by Crippen LogP contribution is 2.34. The number of methoxy groups -OCH3 is 2. The molecule has 180 valence electrons. The zero-order chi connectivity index (χ0) is 24.7. The molecule has 0 spiro atoms. The molecule has 1 amide bonds. The average molecular weight is 477 g/mol. The Bertz CT molecular complexity index is 1510. The number of hydrogen-bond donors (Lipinski definition) is 2. The Hall–Kier alpha value is -4.54. The highest BCUT2D eigenvalue weighted by atomic mass is 16.5. The van der Waals surface area contributed by atoms with E-state index in [0.29, 0.717) is 65.7 Å². The van der Waals surface area contributed by atoms with Crippen molar-refractivity contribution in [3.05, 3.63) is 52.4 Å². The van der Waals surface area contributed by atoms with Gasteiger partial charge in [-0.25, -0.2) is 9.78 Å². The molecule has 3 heterocycles. The Morgan fingerprint density at radius 3 is 2.46 bits per heavy atom. The summed E-state index contributed by atoms with van der Waals surface area (Å²) in [5.41, 5.74) is 6.24. The summed E-state index contributed by atoms with van der Waals surface area (Å²) < 4.78 is 15.9. The number of amides is 1. The SMILES string of the molecule is COc1cc2nc(N3CCN(C(=O)c4cc5ccc(O)cc5oc4=O)CC3)nc(N)c2cc1OC. The number of ether oxygens (including phenoxy) is 2. The number of phenolic OH excluding ortho intramolecular Hbond substituents is 1. The van der Waals surface area contributed by atoms with Gasteiger partial charge in [-0.15, -0.1) is 0 Å². The molecule has 1 saturated heterocycles. The highest BCUT2D eigenvalue weighted by molar-refractivity contribution is 5.97. The minimum absolute atomic E-state index is 0.0232. The first-order chi connectivity index (χ1) is 16.9. The number of nitrogen functional groups attached to an aromatic ring is 1. The van der Waals surface area contributed by atoms with E-state index in [1.807, 2.05) is 4.90 Å². The molecule has 0 radical (unpaired) electrons. The summed E-state index contributed by atoms with van der Waals surface area (Å²) in [6, 6.07) is 9.37. The van der Waals surface area contributed by atoms with Crippen molar-refractivity contribution < 1.29 is 23.8 Å². The van der Waals surface area contributed by atoms with Crippen LogP contribution in [0.5, 0.6) is 17.2 Å². The lowest BCUT2D eigenvalue weighted by atomic mass is 10.1. The molecule has 0 bridgehead atoms. The summed E-state index contributed by atoms with van der Waals surface area (Å²) in [6.07, 6.45) is 0. The topological polar surface area (TPSA) is 144 Å². The maximum atomic E-state index is 13.1. The molecule has 1 aliphatic rings. The molecule has 0 atom stereocenters. The van der Waals surface area contributed by atoms with Crippen LogP contribution in [0.1, 0.15) is 10.4 Å². The summed E-state index contributed by atoms with van der Waals surface area (Å²) in [4.78, 5) is 38.1. The molecule has 2 aromatic carbocycles. The molecule has 4 aromatic rings. The molecule has 11 nitrogen and oxygen atoms in total. The number of aromatic hydroxyl groups is 1. The fraction of sp³-hybridized carbons (Fsp3) is 0.250. The van der Waals surface area contributed by atoms with Crippen LogP contribution >= 0.6 is 0 Å². The normalized spacial score (nSPS) is 13.9. The molecule has 0 saturated carbocycles. The van der Waals surface area contributed by atoms with Gasteiger partial charge < -0.3 is 34.5 Å². The van der Waals surface area contributed by atoms with Gasteiger partial charge in [-0.1, -0.05) is 0 Å². The molecule has 0 aliphatic carbocycles. The second-order valence-corrected chi connectivity index (χ2v) is 8.08. The van der Waals surface area contributed by atoms with Crippen molar-refractivity contribution in [3.63, 3.8) is 0 Å². The fourth-order valence-electron chi connectivity index (χ4n) is 4.14. The number of carbonyl (C=O) groups is 1. The lowest BCUT2D eigenvalue weighted by molar-refractivity contribution is 0.0742. The number of nitrogens with two attached hydrogens (primary N) is 1. The van der Waals surface area contributed by atoms with E-state index in [9.17, 15) is 14.7 Å². The average Bonchev–Trinajstić information content (AvgIpc) is 2.87. The molecular formula is C24H23N5O6. The summed E-state index contributed by atoms with van der Waals surface area (Å²) in [6.45, 7) is 1.63. The van der Waals surface area contributed by atoms with Crippen molar-refractivity contribution >= 4 is 39.5 Å². The van der Waals surface area contributed by atoms with Crippen LogP contribution in [0.15, 0.2) is 45.6 Å². The first kappa shape index (κ1) is 22.3. The number of fused-ring (bicyclic) bond motifs is 2. The molecule has 11 heteroatoms. The predicted octanol–water partition coefficient (Wildman–Crippen LogP) is 2.00. The number of hydrogen-bond acceptors (Lipinski definition) is 10. The minimum Gasteiger partial charge on any atom is -0.508 e. The highest BCUT2D eigenvalue weighted by Gasteiger charge is 2.26. The Morgan fingerprint density at radius 1 is 1.03 bits per heavy atom. The van der Waals surface area contributed by atoms with E-state index in [4.69, 9.17) is 19.6 Å². The predicted molar refractivity (Wildman–Crippen MR) is 129 cm³/mol. The summed E-state index contributed by atoms with van der Waals surface area (Å²) in [5, 5.41) is 10.8. The lowest BCUT2D eigenvalue weighted by Crippen LogP contribution is -2.50.